The maximum absolute atomic E-state index is 10.7. The summed E-state index contributed by atoms with van der Waals surface area (Å²) in [7, 11) is 0. The van der Waals surface area contributed by atoms with Crippen LogP contribution in [-0.2, 0) is 4.79 Å². The molecule has 0 spiro atoms. The molecular formula is C10H17BrO2S. The second-order valence-corrected chi connectivity index (χ2v) is 4.54. The Hall–Kier alpha value is 0.0400. The zero-order valence-corrected chi connectivity index (χ0v) is 10.9. The molecule has 0 aromatic rings. The molecule has 0 bridgehead atoms. The van der Waals surface area contributed by atoms with Gasteiger partial charge in [0.25, 0.3) is 0 Å². The predicted molar refractivity (Wildman–Crippen MR) is 66.1 cm³/mol. The second-order valence-electron chi connectivity index (χ2n) is 3.04. The predicted octanol–water partition coefficient (Wildman–Crippen LogP) is 3.66. The van der Waals surface area contributed by atoms with E-state index in [0.29, 0.717) is 12.0 Å². The van der Waals surface area contributed by atoms with Gasteiger partial charge in [-0.15, -0.1) is 11.8 Å². The Morgan fingerprint density at radius 1 is 1.36 bits per heavy atom. The average Bonchev–Trinajstić information content (AvgIpc) is 2.15. The quantitative estimate of drug-likeness (QED) is 0.419. The summed E-state index contributed by atoms with van der Waals surface area (Å²) in [4.78, 5) is 10.7. The fourth-order valence-corrected chi connectivity index (χ4v) is 2.02. The third-order valence-electron chi connectivity index (χ3n) is 1.86. The number of thioether (sulfide) groups is 1. The van der Waals surface area contributed by atoms with Gasteiger partial charge in [0, 0.05) is 10.9 Å². The molecule has 82 valence electrons. The average molecular weight is 281 g/mol. The van der Waals surface area contributed by atoms with Gasteiger partial charge >= 0.3 is 5.97 Å². The van der Waals surface area contributed by atoms with Crippen LogP contribution in [0.4, 0.5) is 0 Å². The minimum atomic E-state index is -0.778. The normalized spacial score (nSPS) is 11.7. The molecule has 14 heavy (non-hydrogen) atoms. The number of aliphatic carboxylic acids is 1. The minimum Gasteiger partial charge on any atom is -0.478 e. The van der Waals surface area contributed by atoms with Gasteiger partial charge in [-0.25, -0.2) is 4.79 Å². The summed E-state index contributed by atoms with van der Waals surface area (Å²) in [6.07, 6.45) is 7.02. The summed E-state index contributed by atoms with van der Waals surface area (Å²) in [6.45, 7) is 0. The molecule has 0 aliphatic carbocycles. The van der Waals surface area contributed by atoms with Gasteiger partial charge in [0.05, 0.1) is 0 Å². The number of halogens is 1. The van der Waals surface area contributed by atoms with Crippen molar-refractivity contribution >= 4 is 33.7 Å². The SMILES string of the molecule is CSC=C(CCCCCCBr)C(=O)O. The first-order valence-electron chi connectivity index (χ1n) is 4.73. The van der Waals surface area contributed by atoms with E-state index in [4.69, 9.17) is 5.11 Å². The molecule has 0 aliphatic rings. The molecule has 0 aliphatic heterocycles. The molecular weight excluding hydrogens is 264 g/mol. The van der Waals surface area contributed by atoms with Crippen molar-refractivity contribution in [2.75, 3.05) is 11.6 Å². The highest BCUT2D eigenvalue weighted by atomic mass is 79.9. The molecule has 0 radical (unpaired) electrons. The summed E-state index contributed by atoms with van der Waals surface area (Å²) in [5.41, 5.74) is 0.538. The van der Waals surface area contributed by atoms with Gasteiger partial charge in [-0.05, 0) is 30.9 Å². The number of alkyl halides is 1. The van der Waals surface area contributed by atoms with Crippen LogP contribution in [0.15, 0.2) is 11.0 Å². The molecule has 0 aromatic heterocycles. The Balaban J connectivity index is 3.62. The van der Waals surface area contributed by atoms with Crippen molar-refractivity contribution in [2.24, 2.45) is 0 Å². The Kier molecular flexibility index (Phi) is 9.62. The molecule has 4 heteroatoms. The number of carboxylic acid groups (broad SMARTS) is 1. The molecule has 0 aromatic carbocycles. The standard InChI is InChI=1S/C10H17BrO2S/c1-14-8-9(10(12)13)6-4-2-3-5-7-11/h8H,2-7H2,1H3,(H,12,13). The van der Waals surface area contributed by atoms with E-state index in [2.05, 4.69) is 15.9 Å². The van der Waals surface area contributed by atoms with Crippen LogP contribution in [0, 0.1) is 0 Å². The van der Waals surface area contributed by atoms with Crippen LogP contribution in [0.25, 0.3) is 0 Å². The van der Waals surface area contributed by atoms with Crippen molar-refractivity contribution in [1.82, 2.24) is 0 Å². The van der Waals surface area contributed by atoms with Crippen LogP contribution in [0.1, 0.15) is 32.1 Å². The lowest BCUT2D eigenvalue weighted by atomic mass is 10.1. The van der Waals surface area contributed by atoms with Crippen molar-refractivity contribution in [2.45, 2.75) is 32.1 Å². The fraction of sp³-hybridized carbons (Fsp3) is 0.700. The molecule has 0 heterocycles. The second kappa shape index (κ2) is 9.59. The van der Waals surface area contributed by atoms with Gasteiger partial charge in [-0.1, -0.05) is 28.8 Å². The monoisotopic (exact) mass is 280 g/mol. The summed E-state index contributed by atoms with van der Waals surface area (Å²) in [5.74, 6) is -0.778. The van der Waals surface area contributed by atoms with Crippen molar-refractivity contribution < 1.29 is 9.90 Å². The highest BCUT2D eigenvalue weighted by Gasteiger charge is 2.05. The summed E-state index contributed by atoms with van der Waals surface area (Å²) in [6, 6.07) is 0. The van der Waals surface area contributed by atoms with E-state index in [1.165, 1.54) is 24.6 Å². The Morgan fingerprint density at radius 3 is 2.50 bits per heavy atom. The third-order valence-corrected chi connectivity index (χ3v) is 2.95. The van der Waals surface area contributed by atoms with Crippen LogP contribution < -0.4 is 0 Å². The van der Waals surface area contributed by atoms with E-state index in [9.17, 15) is 4.79 Å². The van der Waals surface area contributed by atoms with Gasteiger partial charge in [-0.3, -0.25) is 0 Å². The van der Waals surface area contributed by atoms with E-state index in [1.54, 1.807) is 5.41 Å². The third kappa shape index (κ3) is 7.44. The van der Waals surface area contributed by atoms with Gasteiger partial charge in [0.1, 0.15) is 0 Å². The maximum atomic E-state index is 10.7. The van der Waals surface area contributed by atoms with Gasteiger partial charge in [-0.2, -0.15) is 0 Å². The van der Waals surface area contributed by atoms with Crippen molar-refractivity contribution in [3.8, 4) is 0 Å². The van der Waals surface area contributed by atoms with Crippen molar-refractivity contribution in [1.29, 1.82) is 0 Å². The highest BCUT2D eigenvalue weighted by Crippen LogP contribution is 2.13. The van der Waals surface area contributed by atoms with E-state index in [0.717, 1.165) is 18.2 Å². The first kappa shape index (κ1) is 14.0. The number of hydrogen-bond acceptors (Lipinski definition) is 2. The lowest BCUT2D eigenvalue weighted by Crippen LogP contribution is -1.99. The topological polar surface area (TPSA) is 37.3 Å². The van der Waals surface area contributed by atoms with Crippen molar-refractivity contribution in [3.63, 3.8) is 0 Å². The number of carbonyl (C=O) groups is 1. The van der Waals surface area contributed by atoms with Gasteiger partial charge in [0.2, 0.25) is 0 Å². The largest absolute Gasteiger partial charge is 0.478 e. The first-order valence-corrected chi connectivity index (χ1v) is 7.14. The molecule has 0 unspecified atom stereocenters. The minimum absolute atomic E-state index is 0.538. The van der Waals surface area contributed by atoms with E-state index >= 15 is 0 Å². The van der Waals surface area contributed by atoms with Gasteiger partial charge < -0.3 is 5.11 Å². The molecule has 0 atom stereocenters. The lowest BCUT2D eigenvalue weighted by molar-refractivity contribution is -0.132. The Bertz CT molecular complexity index is 193. The summed E-state index contributed by atoms with van der Waals surface area (Å²) in [5, 5.41) is 11.6. The molecule has 2 nitrogen and oxygen atoms in total. The maximum Gasteiger partial charge on any atom is 0.332 e. The highest BCUT2D eigenvalue weighted by molar-refractivity contribution is 9.09. The molecule has 0 rings (SSSR count). The van der Waals surface area contributed by atoms with E-state index in [1.807, 2.05) is 6.26 Å². The molecule has 0 fully saturated rings. The van der Waals surface area contributed by atoms with Crippen LogP contribution in [0.3, 0.4) is 0 Å². The number of hydrogen-bond donors (Lipinski definition) is 1. The zero-order valence-electron chi connectivity index (χ0n) is 8.46. The molecule has 0 amide bonds. The Labute approximate surface area is 98.3 Å². The van der Waals surface area contributed by atoms with E-state index < -0.39 is 5.97 Å². The fourth-order valence-electron chi connectivity index (χ4n) is 1.12. The first-order chi connectivity index (χ1) is 6.72. The van der Waals surface area contributed by atoms with Crippen LogP contribution in [0.5, 0.6) is 0 Å². The zero-order chi connectivity index (χ0) is 10.8. The van der Waals surface area contributed by atoms with Crippen molar-refractivity contribution in [3.05, 3.63) is 11.0 Å². The van der Waals surface area contributed by atoms with Gasteiger partial charge in [0.15, 0.2) is 0 Å². The van der Waals surface area contributed by atoms with Crippen LogP contribution in [0.2, 0.25) is 0 Å². The summed E-state index contributed by atoms with van der Waals surface area (Å²) >= 11 is 4.83. The number of unbranched alkanes of at least 4 members (excludes halogenated alkanes) is 3. The molecule has 0 saturated heterocycles. The van der Waals surface area contributed by atoms with E-state index in [-0.39, 0.29) is 0 Å². The Morgan fingerprint density at radius 2 is 2.00 bits per heavy atom. The smallest absolute Gasteiger partial charge is 0.332 e. The number of carboxylic acids is 1. The van der Waals surface area contributed by atoms with Crippen LogP contribution in [-0.4, -0.2) is 22.7 Å². The summed E-state index contributed by atoms with van der Waals surface area (Å²) < 4.78 is 0. The lowest BCUT2D eigenvalue weighted by Gasteiger charge is -2.01. The number of rotatable bonds is 8. The molecule has 0 saturated carbocycles. The molecule has 1 N–H and O–H groups in total. The van der Waals surface area contributed by atoms with Crippen LogP contribution >= 0.6 is 27.7 Å².